The zero-order valence-electron chi connectivity index (χ0n) is 8.00. The Morgan fingerprint density at radius 3 is 2.88 bits per heavy atom. The second kappa shape index (κ2) is 4.67. The summed E-state index contributed by atoms with van der Waals surface area (Å²) >= 11 is 8.89. The minimum Gasteiger partial charge on any atom is -0.356 e. The van der Waals surface area contributed by atoms with Gasteiger partial charge in [0, 0.05) is 10.7 Å². The van der Waals surface area contributed by atoms with Crippen molar-refractivity contribution in [1.82, 2.24) is 9.97 Å². The Kier molecular flexibility index (Phi) is 3.26. The molecule has 0 aliphatic carbocycles. The minimum absolute atomic E-state index is 0.227. The highest BCUT2D eigenvalue weighted by atomic mass is 79.9. The van der Waals surface area contributed by atoms with Crippen molar-refractivity contribution in [1.29, 1.82) is 0 Å². The van der Waals surface area contributed by atoms with Crippen LogP contribution >= 0.6 is 27.5 Å². The van der Waals surface area contributed by atoms with E-state index in [0.717, 1.165) is 4.47 Å². The summed E-state index contributed by atoms with van der Waals surface area (Å²) in [6.45, 7) is 0. The highest BCUT2D eigenvalue weighted by Crippen LogP contribution is 2.13. The molecule has 1 amide bonds. The van der Waals surface area contributed by atoms with Gasteiger partial charge in [0.15, 0.2) is 0 Å². The van der Waals surface area contributed by atoms with E-state index in [9.17, 15) is 4.79 Å². The number of carbonyl (C=O) groups excluding carboxylic acids is 1. The summed E-state index contributed by atoms with van der Waals surface area (Å²) in [6.07, 6.45) is 3.19. The third-order valence-corrected chi connectivity index (χ3v) is 2.56. The fourth-order valence-corrected chi connectivity index (χ4v) is 1.60. The topological polar surface area (TPSA) is 57.8 Å². The van der Waals surface area contributed by atoms with Gasteiger partial charge in [-0.15, -0.1) is 0 Å². The van der Waals surface area contributed by atoms with Gasteiger partial charge in [-0.25, -0.2) is 4.98 Å². The van der Waals surface area contributed by atoms with Crippen molar-refractivity contribution in [2.75, 3.05) is 5.32 Å². The number of aromatic nitrogens is 2. The maximum absolute atomic E-state index is 11.7. The van der Waals surface area contributed by atoms with Gasteiger partial charge in [0.2, 0.25) is 0 Å². The predicted octanol–water partition coefficient (Wildman–Crippen LogP) is 3.08. The van der Waals surface area contributed by atoms with Crippen molar-refractivity contribution in [3.63, 3.8) is 0 Å². The van der Waals surface area contributed by atoms with Gasteiger partial charge in [-0.3, -0.25) is 4.79 Å². The highest BCUT2D eigenvalue weighted by molar-refractivity contribution is 9.10. The lowest BCUT2D eigenvalue weighted by Gasteiger charge is -2.02. The average molecular weight is 301 g/mol. The van der Waals surface area contributed by atoms with Crippen LogP contribution in [0, 0.1) is 0 Å². The van der Waals surface area contributed by atoms with Crippen LogP contribution in [-0.4, -0.2) is 15.9 Å². The molecule has 0 radical (unpaired) electrons. The van der Waals surface area contributed by atoms with Gasteiger partial charge < -0.3 is 10.3 Å². The molecule has 82 valence electrons. The normalized spacial score (nSPS) is 10.1. The molecule has 0 spiro atoms. The first-order chi connectivity index (χ1) is 7.65. The van der Waals surface area contributed by atoms with Gasteiger partial charge in [-0.2, -0.15) is 0 Å². The molecule has 0 saturated carbocycles. The van der Waals surface area contributed by atoms with E-state index in [-0.39, 0.29) is 5.91 Å². The molecule has 0 unspecified atom stereocenters. The minimum atomic E-state index is -0.227. The van der Waals surface area contributed by atoms with Crippen LogP contribution in [0.4, 0.5) is 5.69 Å². The van der Waals surface area contributed by atoms with E-state index >= 15 is 0 Å². The van der Waals surface area contributed by atoms with Crippen molar-refractivity contribution < 1.29 is 4.79 Å². The van der Waals surface area contributed by atoms with Gasteiger partial charge in [0.05, 0.1) is 11.9 Å². The number of carbonyl (C=O) groups is 1. The summed E-state index contributed by atoms with van der Waals surface area (Å²) in [7, 11) is 0. The second-order valence-electron chi connectivity index (χ2n) is 3.06. The molecule has 4 nitrogen and oxygen atoms in total. The molecule has 0 fully saturated rings. The van der Waals surface area contributed by atoms with Crippen LogP contribution in [0.5, 0.6) is 0 Å². The molecule has 2 aromatic heterocycles. The number of aromatic amines is 1. The van der Waals surface area contributed by atoms with E-state index in [2.05, 4.69) is 31.2 Å². The van der Waals surface area contributed by atoms with E-state index in [4.69, 9.17) is 11.6 Å². The Morgan fingerprint density at radius 1 is 1.50 bits per heavy atom. The number of anilines is 1. The Bertz CT molecular complexity index is 509. The number of nitrogens with one attached hydrogen (secondary N) is 2. The third-order valence-electron chi connectivity index (χ3n) is 1.88. The van der Waals surface area contributed by atoms with Crippen molar-refractivity contribution >= 4 is 39.1 Å². The van der Waals surface area contributed by atoms with Crippen LogP contribution in [0.15, 0.2) is 35.1 Å². The van der Waals surface area contributed by atoms with E-state index in [1.807, 2.05) is 0 Å². The molecule has 2 N–H and O–H groups in total. The van der Waals surface area contributed by atoms with Gasteiger partial charge in [-0.05, 0) is 34.1 Å². The fraction of sp³-hybridized carbons (Fsp3) is 0. The molecule has 2 rings (SSSR count). The van der Waals surface area contributed by atoms with Crippen LogP contribution in [-0.2, 0) is 0 Å². The highest BCUT2D eigenvalue weighted by Gasteiger charge is 2.07. The maximum Gasteiger partial charge on any atom is 0.272 e. The number of hydrogen-bond donors (Lipinski definition) is 2. The molecular formula is C10H7BrClN3O. The Balaban J connectivity index is 2.10. The first kappa shape index (κ1) is 11.2. The first-order valence-corrected chi connectivity index (χ1v) is 5.59. The van der Waals surface area contributed by atoms with Crippen molar-refractivity contribution in [2.45, 2.75) is 0 Å². The molecule has 0 aliphatic heterocycles. The summed E-state index contributed by atoms with van der Waals surface area (Å²) in [5.74, 6) is -0.227. The lowest BCUT2D eigenvalue weighted by Crippen LogP contribution is -2.12. The molecule has 0 atom stereocenters. The van der Waals surface area contributed by atoms with Gasteiger partial charge in [0.1, 0.15) is 10.8 Å². The van der Waals surface area contributed by atoms with Crippen LogP contribution in [0.1, 0.15) is 10.5 Å². The second-order valence-corrected chi connectivity index (χ2v) is 4.36. The maximum atomic E-state index is 11.7. The van der Waals surface area contributed by atoms with Gasteiger partial charge in [0.25, 0.3) is 5.91 Å². The van der Waals surface area contributed by atoms with Crippen molar-refractivity contribution in [3.05, 3.63) is 45.9 Å². The van der Waals surface area contributed by atoms with E-state index in [0.29, 0.717) is 16.5 Å². The van der Waals surface area contributed by atoms with E-state index < -0.39 is 0 Å². The molecule has 0 aliphatic rings. The molecular weight excluding hydrogens is 293 g/mol. The SMILES string of the molecule is O=C(Nc1ccc(Cl)nc1)c1cc(Br)c[nH]1. The van der Waals surface area contributed by atoms with Crippen molar-refractivity contribution in [2.24, 2.45) is 0 Å². The van der Waals surface area contributed by atoms with Gasteiger partial charge >= 0.3 is 0 Å². The number of amides is 1. The monoisotopic (exact) mass is 299 g/mol. The van der Waals surface area contributed by atoms with Crippen molar-refractivity contribution in [3.8, 4) is 0 Å². The molecule has 2 heterocycles. The summed E-state index contributed by atoms with van der Waals surface area (Å²) in [5, 5.41) is 3.08. The zero-order chi connectivity index (χ0) is 11.5. The summed E-state index contributed by atoms with van der Waals surface area (Å²) in [6, 6.07) is 4.99. The molecule has 0 saturated heterocycles. The molecule has 2 aromatic rings. The predicted molar refractivity (Wildman–Crippen MR) is 65.7 cm³/mol. The van der Waals surface area contributed by atoms with Gasteiger partial charge in [-0.1, -0.05) is 11.6 Å². The number of pyridine rings is 1. The quantitative estimate of drug-likeness (QED) is 0.837. The van der Waals surface area contributed by atoms with Crippen LogP contribution in [0.3, 0.4) is 0 Å². The Hall–Kier alpha value is -1.33. The standard InChI is InChI=1S/C10H7BrClN3O/c11-6-3-8(13-4-6)10(16)15-7-1-2-9(12)14-5-7/h1-5,13H,(H,15,16). The van der Waals surface area contributed by atoms with Crippen LogP contribution in [0.25, 0.3) is 0 Å². The lowest BCUT2D eigenvalue weighted by molar-refractivity contribution is 0.102. The molecule has 6 heteroatoms. The number of halogens is 2. The van der Waals surface area contributed by atoms with Crippen LogP contribution < -0.4 is 5.32 Å². The molecule has 0 aromatic carbocycles. The molecule has 0 bridgehead atoms. The number of nitrogens with zero attached hydrogens (tertiary/aromatic N) is 1. The fourth-order valence-electron chi connectivity index (χ4n) is 1.15. The molecule has 16 heavy (non-hydrogen) atoms. The summed E-state index contributed by atoms with van der Waals surface area (Å²) in [4.78, 5) is 18.4. The summed E-state index contributed by atoms with van der Waals surface area (Å²) < 4.78 is 0.826. The average Bonchev–Trinajstić information content (AvgIpc) is 2.68. The largest absolute Gasteiger partial charge is 0.356 e. The zero-order valence-corrected chi connectivity index (χ0v) is 10.3. The third kappa shape index (κ3) is 2.62. The van der Waals surface area contributed by atoms with E-state index in [1.165, 1.54) is 6.20 Å². The van der Waals surface area contributed by atoms with Crippen LogP contribution in [0.2, 0.25) is 5.15 Å². The lowest BCUT2D eigenvalue weighted by atomic mass is 10.3. The first-order valence-electron chi connectivity index (χ1n) is 4.42. The Labute approximate surface area is 105 Å². The Morgan fingerprint density at radius 2 is 2.31 bits per heavy atom. The number of H-pyrrole nitrogens is 1. The smallest absolute Gasteiger partial charge is 0.272 e. The number of hydrogen-bond acceptors (Lipinski definition) is 2. The number of rotatable bonds is 2. The summed E-state index contributed by atoms with van der Waals surface area (Å²) in [5.41, 5.74) is 1.07. The van der Waals surface area contributed by atoms with E-state index in [1.54, 1.807) is 24.4 Å².